The summed E-state index contributed by atoms with van der Waals surface area (Å²) in [7, 11) is 0. The lowest BCUT2D eigenvalue weighted by Gasteiger charge is -2.39. The molecular weight excluding hydrogens is 493 g/mol. The molecule has 25 heavy (non-hydrogen) atoms. The molecule has 2 aromatic rings. The topological polar surface area (TPSA) is 41.8 Å². The van der Waals surface area contributed by atoms with Gasteiger partial charge < -0.3 is 9.84 Å². The van der Waals surface area contributed by atoms with Crippen molar-refractivity contribution in [3.05, 3.63) is 68.2 Å². The molecule has 0 saturated heterocycles. The van der Waals surface area contributed by atoms with Gasteiger partial charge in [0.15, 0.2) is 0 Å². The van der Waals surface area contributed by atoms with Crippen molar-refractivity contribution in [3.8, 4) is 0 Å². The van der Waals surface area contributed by atoms with Crippen LogP contribution in [-0.2, 0) is 4.74 Å². The van der Waals surface area contributed by atoms with Crippen molar-refractivity contribution in [2.24, 2.45) is 10.4 Å². The predicted octanol–water partition coefficient (Wildman–Crippen LogP) is 5.84. The average Bonchev–Trinajstić information content (AvgIpc) is 3.41. The predicted molar refractivity (Wildman–Crippen MR) is 112 cm³/mol. The van der Waals surface area contributed by atoms with E-state index in [1.54, 1.807) is 0 Å². The van der Waals surface area contributed by atoms with Crippen LogP contribution >= 0.6 is 38.5 Å². The zero-order valence-electron chi connectivity index (χ0n) is 13.7. The van der Waals surface area contributed by atoms with Crippen LogP contribution in [0.5, 0.6) is 0 Å². The standard InChI is InChI=1S/C20H17BrINO2/c1-19(24)17(22)16(13-5-3-2-4-6-13)25-18(20(19)11-12-20)23-15-9-7-14(21)8-10-15/h2-10,24H,11-12H2,1H3. The molecule has 1 aliphatic carbocycles. The molecule has 5 heteroatoms. The molecule has 1 N–H and O–H groups in total. The first kappa shape index (κ1) is 17.2. The van der Waals surface area contributed by atoms with Crippen LogP contribution in [0, 0.1) is 5.41 Å². The Morgan fingerprint density at radius 3 is 2.32 bits per heavy atom. The third kappa shape index (κ3) is 2.86. The minimum absolute atomic E-state index is 0.422. The van der Waals surface area contributed by atoms with Crippen LogP contribution in [0.3, 0.4) is 0 Å². The third-order valence-corrected chi connectivity index (χ3v) is 7.08. The van der Waals surface area contributed by atoms with Crippen molar-refractivity contribution in [2.45, 2.75) is 25.4 Å². The quantitative estimate of drug-likeness (QED) is 0.516. The van der Waals surface area contributed by atoms with Gasteiger partial charge in [-0.05, 0) is 66.6 Å². The third-order valence-electron chi connectivity index (χ3n) is 5.01. The molecule has 0 aromatic heterocycles. The van der Waals surface area contributed by atoms with Crippen LogP contribution in [0.2, 0.25) is 0 Å². The van der Waals surface area contributed by atoms with E-state index in [2.05, 4.69) is 38.5 Å². The molecule has 1 aliphatic heterocycles. The summed E-state index contributed by atoms with van der Waals surface area (Å²) in [6, 6.07) is 17.7. The first-order chi connectivity index (χ1) is 11.9. The van der Waals surface area contributed by atoms with E-state index in [1.807, 2.05) is 61.5 Å². The zero-order valence-corrected chi connectivity index (χ0v) is 17.4. The molecule has 1 atom stereocenters. The molecule has 1 unspecified atom stereocenters. The summed E-state index contributed by atoms with van der Waals surface area (Å²) < 4.78 is 8.13. The van der Waals surface area contributed by atoms with Crippen LogP contribution in [-0.4, -0.2) is 16.6 Å². The number of hydrogen-bond donors (Lipinski definition) is 1. The van der Waals surface area contributed by atoms with Gasteiger partial charge in [-0.25, -0.2) is 4.99 Å². The Kier molecular flexibility index (Phi) is 4.29. The summed E-state index contributed by atoms with van der Waals surface area (Å²) in [6.07, 6.45) is 1.76. The van der Waals surface area contributed by atoms with Crippen LogP contribution in [0.15, 0.2) is 67.6 Å². The van der Waals surface area contributed by atoms with E-state index >= 15 is 0 Å². The van der Waals surface area contributed by atoms with Gasteiger partial charge in [0.05, 0.1) is 14.7 Å². The molecule has 1 heterocycles. The van der Waals surface area contributed by atoms with E-state index in [-0.39, 0.29) is 0 Å². The molecule has 3 nitrogen and oxygen atoms in total. The normalized spacial score (nSPS) is 26.0. The molecule has 0 radical (unpaired) electrons. The van der Waals surface area contributed by atoms with Crippen LogP contribution in [0.1, 0.15) is 25.3 Å². The smallest absolute Gasteiger partial charge is 0.204 e. The highest BCUT2D eigenvalue weighted by Crippen LogP contribution is 2.63. The molecule has 0 amide bonds. The second-order valence-corrected chi connectivity index (χ2v) is 8.65. The number of aliphatic imine (C=N–C) groups is 1. The highest BCUT2D eigenvalue weighted by Gasteiger charge is 2.65. The van der Waals surface area contributed by atoms with Gasteiger partial charge in [-0.3, -0.25) is 0 Å². The van der Waals surface area contributed by atoms with Gasteiger partial charge in [-0.2, -0.15) is 0 Å². The molecule has 1 saturated carbocycles. The fourth-order valence-electron chi connectivity index (χ4n) is 3.24. The number of aliphatic hydroxyl groups is 1. The minimum Gasteiger partial charge on any atom is -0.441 e. The Labute approximate surface area is 169 Å². The lowest BCUT2D eigenvalue weighted by atomic mass is 9.82. The summed E-state index contributed by atoms with van der Waals surface area (Å²) in [4.78, 5) is 4.76. The van der Waals surface area contributed by atoms with E-state index in [1.165, 1.54) is 0 Å². The Hall–Kier alpha value is -1.18. The first-order valence-electron chi connectivity index (χ1n) is 8.15. The van der Waals surface area contributed by atoms with Gasteiger partial charge >= 0.3 is 0 Å². The molecule has 128 valence electrons. The molecular formula is C20H17BrINO2. The minimum atomic E-state index is -0.981. The maximum Gasteiger partial charge on any atom is 0.204 e. The van der Waals surface area contributed by atoms with E-state index in [9.17, 15) is 5.11 Å². The fourth-order valence-corrected chi connectivity index (χ4v) is 4.44. The van der Waals surface area contributed by atoms with Crippen LogP contribution in [0.4, 0.5) is 5.69 Å². The van der Waals surface area contributed by atoms with Crippen molar-refractivity contribution in [1.82, 2.24) is 0 Å². The lowest BCUT2D eigenvalue weighted by Crippen LogP contribution is -2.46. The molecule has 4 rings (SSSR count). The average molecular weight is 510 g/mol. The zero-order chi connectivity index (χ0) is 17.7. The Morgan fingerprint density at radius 1 is 1.08 bits per heavy atom. The van der Waals surface area contributed by atoms with E-state index < -0.39 is 11.0 Å². The number of hydrogen-bond acceptors (Lipinski definition) is 3. The Bertz CT molecular complexity index is 868. The monoisotopic (exact) mass is 509 g/mol. The maximum atomic E-state index is 11.3. The summed E-state index contributed by atoms with van der Waals surface area (Å²) in [5.74, 6) is 1.30. The molecule has 1 fully saturated rings. The lowest BCUT2D eigenvalue weighted by molar-refractivity contribution is 0.0457. The Balaban J connectivity index is 1.83. The van der Waals surface area contributed by atoms with Gasteiger partial charge in [0.25, 0.3) is 0 Å². The summed E-state index contributed by atoms with van der Waals surface area (Å²) in [5, 5.41) is 11.3. The highest BCUT2D eigenvalue weighted by molar-refractivity contribution is 14.1. The van der Waals surface area contributed by atoms with Crippen molar-refractivity contribution < 1.29 is 9.84 Å². The molecule has 1 spiro atoms. The molecule has 2 aromatic carbocycles. The first-order valence-corrected chi connectivity index (χ1v) is 10.0. The number of rotatable bonds is 2. The van der Waals surface area contributed by atoms with Crippen molar-refractivity contribution >= 4 is 55.9 Å². The van der Waals surface area contributed by atoms with E-state index in [0.717, 1.165) is 32.1 Å². The number of nitrogens with zero attached hydrogens (tertiary/aromatic N) is 1. The SMILES string of the molecule is CC1(O)C(I)=C(c2ccccc2)OC(=Nc2ccc(Br)cc2)C12CC2. The number of benzene rings is 2. The highest BCUT2D eigenvalue weighted by atomic mass is 127. The summed E-state index contributed by atoms with van der Waals surface area (Å²) in [5.41, 5.74) is 0.371. The second kappa shape index (κ2) is 6.21. The van der Waals surface area contributed by atoms with Crippen molar-refractivity contribution in [3.63, 3.8) is 0 Å². The number of ether oxygens (including phenoxy) is 1. The summed E-state index contributed by atoms with van der Waals surface area (Å²) >= 11 is 5.66. The van der Waals surface area contributed by atoms with E-state index in [0.29, 0.717) is 11.7 Å². The van der Waals surface area contributed by atoms with Crippen molar-refractivity contribution in [1.29, 1.82) is 0 Å². The largest absolute Gasteiger partial charge is 0.441 e. The maximum absolute atomic E-state index is 11.3. The van der Waals surface area contributed by atoms with E-state index in [4.69, 9.17) is 9.73 Å². The summed E-state index contributed by atoms with van der Waals surface area (Å²) in [6.45, 7) is 1.88. The molecule has 0 bridgehead atoms. The van der Waals surface area contributed by atoms with Gasteiger partial charge in [0, 0.05) is 10.0 Å². The second-order valence-electron chi connectivity index (χ2n) is 6.66. The molecule has 2 aliphatic rings. The van der Waals surface area contributed by atoms with Crippen molar-refractivity contribution in [2.75, 3.05) is 0 Å². The van der Waals surface area contributed by atoms with Gasteiger partial charge in [0.2, 0.25) is 5.90 Å². The Morgan fingerprint density at radius 2 is 1.72 bits per heavy atom. The fraction of sp³-hybridized carbons (Fsp3) is 0.250. The van der Waals surface area contributed by atoms with Gasteiger partial charge in [-0.1, -0.05) is 46.3 Å². The number of halogens is 2. The van der Waals surface area contributed by atoms with Crippen LogP contribution < -0.4 is 0 Å². The van der Waals surface area contributed by atoms with Gasteiger partial charge in [0.1, 0.15) is 11.4 Å². The van der Waals surface area contributed by atoms with Gasteiger partial charge in [-0.15, -0.1) is 0 Å². The van der Waals surface area contributed by atoms with Crippen LogP contribution in [0.25, 0.3) is 5.76 Å².